The number of hydrogen-bond acceptors (Lipinski definition) is 4. The summed E-state index contributed by atoms with van der Waals surface area (Å²) in [7, 11) is 0. The van der Waals surface area contributed by atoms with E-state index in [-0.39, 0.29) is 0 Å². The van der Waals surface area contributed by atoms with Crippen molar-refractivity contribution in [3.05, 3.63) is 58.1 Å². The average Bonchev–Trinajstić information content (AvgIpc) is 3.24. The van der Waals surface area contributed by atoms with Gasteiger partial charge in [-0.15, -0.1) is 11.3 Å². The van der Waals surface area contributed by atoms with Gasteiger partial charge in [0.25, 0.3) is 0 Å². The quantitative estimate of drug-likeness (QED) is 0.687. The third-order valence-electron chi connectivity index (χ3n) is 4.66. The summed E-state index contributed by atoms with van der Waals surface area (Å²) in [6, 6.07) is 12.4. The predicted octanol–water partition coefficient (Wildman–Crippen LogP) is 4.89. The first kappa shape index (κ1) is 15.8. The summed E-state index contributed by atoms with van der Waals surface area (Å²) in [4.78, 5) is 5.98. The molecule has 0 bridgehead atoms. The number of thiophene rings is 1. The van der Waals surface area contributed by atoms with Gasteiger partial charge in [0.15, 0.2) is 0 Å². The van der Waals surface area contributed by atoms with E-state index in [4.69, 9.17) is 0 Å². The molecule has 5 heteroatoms. The Labute approximate surface area is 150 Å². The molecule has 1 aliphatic rings. The zero-order chi connectivity index (χ0) is 17.2. The van der Waals surface area contributed by atoms with Crippen molar-refractivity contribution in [1.82, 2.24) is 10.2 Å². The molecule has 4 nitrogen and oxygen atoms in total. The topological polar surface area (TPSA) is 64.8 Å². The lowest BCUT2D eigenvalue weighted by molar-refractivity contribution is 0.507. The molecular formula is C20H18N4S. The van der Waals surface area contributed by atoms with Gasteiger partial charge in [-0.05, 0) is 30.7 Å². The minimum absolute atomic E-state index is 0.688. The molecule has 3 aromatic rings. The maximum atomic E-state index is 9.58. The van der Waals surface area contributed by atoms with Crippen LogP contribution in [0.2, 0.25) is 0 Å². The Morgan fingerprint density at radius 1 is 1.36 bits per heavy atom. The molecule has 2 heterocycles. The summed E-state index contributed by atoms with van der Waals surface area (Å²) in [5.74, 6) is 0.688. The number of H-pyrrole nitrogens is 1. The molecule has 0 unspecified atom stereocenters. The smallest absolute Gasteiger partial charge is 0.134 e. The number of nitrogens with zero attached hydrogens (tertiary/aromatic N) is 3. The third-order valence-corrected chi connectivity index (χ3v) is 5.82. The molecule has 25 heavy (non-hydrogen) atoms. The second-order valence-electron chi connectivity index (χ2n) is 6.47. The maximum Gasteiger partial charge on any atom is 0.134 e. The van der Waals surface area contributed by atoms with Crippen LogP contribution in [0.25, 0.3) is 11.3 Å². The monoisotopic (exact) mass is 346 g/mol. The first-order chi connectivity index (χ1) is 12.3. The van der Waals surface area contributed by atoms with Crippen molar-refractivity contribution in [2.45, 2.75) is 26.2 Å². The van der Waals surface area contributed by atoms with Crippen molar-refractivity contribution >= 4 is 22.6 Å². The molecule has 2 aromatic heterocycles. The van der Waals surface area contributed by atoms with Crippen molar-refractivity contribution in [3.8, 4) is 17.3 Å². The highest BCUT2D eigenvalue weighted by Gasteiger charge is 2.23. The van der Waals surface area contributed by atoms with Crippen LogP contribution in [0.3, 0.4) is 0 Å². The molecule has 1 atom stereocenters. The average molecular weight is 346 g/mol. The molecule has 124 valence electrons. The summed E-state index contributed by atoms with van der Waals surface area (Å²) in [5.41, 5.74) is 4.91. The normalized spacial score (nSPS) is 16.7. The number of nitrogens with one attached hydrogen (secondary N) is 1. The SMILES string of the molecule is C[C@@H]1CCc2c(sc(/N=C/c3cn[nH]c3-c3ccccc3)c2C#N)C1. The number of nitriles is 1. The predicted molar refractivity (Wildman–Crippen MR) is 102 cm³/mol. The van der Waals surface area contributed by atoms with Crippen LogP contribution < -0.4 is 0 Å². The Balaban J connectivity index is 1.68. The summed E-state index contributed by atoms with van der Waals surface area (Å²) >= 11 is 1.66. The van der Waals surface area contributed by atoms with Crippen molar-refractivity contribution < 1.29 is 0 Å². The van der Waals surface area contributed by atoms with Gasteiger partial charge < -0.3 is 0 Å². The molecule has 0 fully saturated rings. The minimum Gasteiger partial charge on any atom is -0.277 e. The van der Waals surface area contributed by atoms with Crippen molar-refractivity contribution in [3.63, 3.8) is 0 Å². The molecule has 0 spiro atoms. The Hall–Kier alpha value is -2.71. The fourth-order valence-electron chi connectivity index (χ4n) is 3.30. The molecule has 1 aliphatic carbocycles. The Bertz CT molecular complexity index is 959. The highest BCUT2D eigenvalue weighted by Crippen LogP contribution is 2.40. The highest BCUT2D eigenvalue weighted by molar-refractivity contribution is 7.16. The Morgan fingerprint density at radius 3 is 3.00 bits per heavy atom. The van der Waals surface area contributed by atoms with Gasteiger partial charge in [-0.3, -0.25) is 5.10 Å². The molecule has 4 rings (SSSR count). The van der Waals surface area contributed by atoms with Crippen LogP contribution in [0.4, 0.5) is 5.00 Å². The number of benzene rings is 1. The van der Waals surface area contributed by atoms with Gasteiger partial charge in [0.2, 0.25) is 0 Å². The van der Waals surface area contributed by atoms with Crippen LogP contribution in [0.5, 0.6) is 0 Å². The fourth-order valence-corrected chi connectivity index (χ4v) is 4.61. The van der Waals surface area contributed by atoms with Gasteiger partial charge in [0.1, 0.15) is 11.1 Å². The second kappa shape index (κ2) is 6.66. The number of aromatic amines is 1. The van der Waals surface area contributed by atoms with Gasteiger partial charge in [-0.1, -0.05) is 37.3 Å². The highest BCUT2D eigenvalue weighted by atomic mass is 32.1. The maximum absolute atomic E-state index is 9.58. The molecule has 0 saturated carbocycles. The fraction of sp³-hybridized carbons (Fsp3) is 0.250. The van der Waals surface area contributed by atoms with E-state index >= 15 is 0 Å². The molecule has 1 N–H and O–H groups in total. The van der Waals surface area contributed by atoms with E-state index < -0.39 is 0 Å². The first-order valence-electron chi connectivity index (χ1n) is 8.43. The molecule has 0 radical (unpaired) electrons. The summed E-state index contributed by atoms with van der Waals surface area (Å²) < 4.78 is 0. The first-order valence-corrected chi connectivity index (χ1v) is 9.25. The van der Waals surface area contributed by atoms with E-state index in [0.29, 0.717) is 5.92 Å². The number of hydrogen-bond donors (Lipinski definition) is 1. The van der Waals surface area contributed by atoms with Crippen LogP contribution in [-0.4, -0.2) is 16.4 Å². The van der Waals surface area contributed by atoms with E-state index in [9.17, 15) is 5.26 Å². The van der Waals surface area contributed by atoms with E-state index in [1.165, 1.54) is 10.4 Å². The van der Waals surface area contributed by atoms with Gasteiger partial charge in [0.05, 0.1) is 17.5 Å². The Kier molecular flexibility index (Phi) is 4.21. The molecular weight excluding hydrogens is 328 g/mol. The standard InChI is InChI=1S/C20H18N4S/c1-13-7-8-16-17(10-21)20(25-18(16)9-13)22-11-15-12-23-24-19(15)14-5-3-2-4-6-14/h2-6,11-13H,7-9H2,1H3,(H,23,24)/b22-11+/t13-/m1/s1. The van der Waals surface area contributed by atoms with E-state index in [1.807, 2.05) is 36.5 Å². The van der Waals surface area contributed by atoms with E-state index in [0.717, 1.165) is 46.6 Å². The van der Waals surface area contributed by atoms with Gasteiger partial charge in [-0.25, -0.2) is 4.99 Å². The summed E-state index contributed by atoms with van der Waals surface area (Å²) in [6.45, 7) is 2.27. The van der Waals surface area contributed by atoms with Gasteiger partial charge in [-0.2, -0.15) is 10.4 Å². The van der Waals surface area contributed by atoms with Crippen LogP contribution in [-0.2, 0) is 12.8 Å². The second-order valence-corrected chi connectivity index (χ2v) is 7.55. The van der Waals surface area contributed by atoms with Gasteiger partial charge in [0, 0.05) is 22.2 Å². The lowest BCUT2D eigenvalue weighted by Gasteiger charge is -2.17. The number of aromatic nitrogens is 2. The lowest BCUT2D eigenvalue weighted by atomic mass is 9.89. The van der Waals surface area contributed by atoms with Crippen LogP contribution in [0.15, 0.2) is 41.5 Å². The van der Waals surface area contributed by atoms with Crippen molar-refractivity contribution in [1.29, 1.82) is 5.26 Å². The number of aliphatic imine (C=N–C) groups is 1. The van der Waals surface area contributed by atoms with E-state index in [1.54, 1.807) is 17.5 Å². The number of rotatable bonds is 3. The van der Waals surface area contributed by atoms with E-state index in [2.05, 4.69) is 28.2 Å². The number of fused-ring (bicyclic) bond motifs is 1. The summed E-state index contributed by atoms with van der Waals surface area (Å²) in [5, 5.41) is 17.6. The van der Waals surface area contributed by atoms with Crippen molar-refractivity contribution in [2.24, 2.45) is 10.9 Å². The zero-order valence-corrected chi connectivity index (χ0v) is 14.8. The largest absolute Gasteiger partial charge is 0.277 e. The zero-order valence-electron chi connectivity index (χ0n) is 14.0. The molecule has 0 amide bonds. The van der Waals surface area contributed by atoms with Crippen LogP contribution >= 0.6 is 11.3 Å². The van der Waals surface area contributed by atoms with Crippen LogP contribution in [0.1, 0.15) is 34.9 Å². The molecule has 1 aromatic carbocycles. The van der Waals surface area contributed by atoms with Crippen molar-refractivity contribution in [2.75, 3.05) is 0 Å². The summed E-state index contributed by atoms with van der Waals surface area (Å²) in [6.07, 6.45) is 6.79. The third kappa shape index (κ3) is 3.01. The van der Waals surface area contributed by atoms with Crippen LogP contribution in [0, 0.1) is 17.2 Å². The molecule has 0 aliphatic heterocycles. The minimum atomic E-state index is 0.688. The Morgan fingerprint density at radius 2 is 2.20 bits per heavy atom. The van der Waals surface area contributed by atoms with Gasteiger partial charge >= 0.3 is 0 Å². The molecule has 0 saturated heterocycles. The lowest BCUT2D eigenvalue weighted by Crippen LogP contribution is -2.09.